The molecule has 4 atom stereocenters. The minimum Gasteiger partial charge on any atom is -0.394 e. The summed E-state index contributed by atoms with van der Waals surface area (Å²) in [6.07, 6.45) is -6.74. The van der Waals surface area contributed by atoms with Gasteiger partial charge in [-0.05, 0) is 45.4 Å². The largest absolute Gasteiger partial charge is 0.416 e. The van der Waals surface area contributed by atoms with Crippen LogP contribution in [0, 0.1) is 0 Å². The Labute approximate surface area is 168 Å². The molecule has 0 saturated carbocycles. The molecule has 1 aliphatic heterocycles. The zero-order valence-electron chi connectivity index (χ0n) is 16.7. The number of benzene rings is 1. The Kier molecular flexibility index (Phi) is 8.01. The summed E-state index contributed by atoms with van der Waals surface area (Å²) in [5.74, 6) is -0.543. The molecule has 1 heterocycles. The predicted octanol–water partition coefficient (Wildman–Crippen LogP) is 0.418. The summed E-state index contributed by atoms with van der Waals surface area (Å²) in [7, 11) is 5.67. The van der Waals surface area contributed by atoms with E-state index in [4.69, 9.17) is 4.74 Å². The molecule has 0 aromatic heterocycles. The number of aliphatic hydroxyl groups excluding tert-OH is 2. The van der Waals surface area contributed by atoms with Gasteiger partial charge in [0.05, 0.1) is 24.3 Å². The average Bonchev–Trinajstić information content (AvgIpc) is 2.99. The third-order valence-electron chi connectivity index (χ3n) is 4.99. The van der Waals surface area contributed by atoms with Crippen LogP contribution >= 0.6 is 0 Å². The molecule has 1 aromatic carbocycles. The van der Waals surface area contributed by atoms with Gasteiger partial charge in [0.15, 0.2) is 0 Å². The fraction of sp³-hybridized carbons (Fsp3) is 0.632. The van der Waals surface area contributed by atoms with E-state index in [1.807, 2.05) is 30.9 Å². The highest BCUT2D eigenvalue weighted by atomic mass is 19.4. The van der Waals surface area contributed by atoms with Crippen molar-refractivity contribution >= 4 is 5.91 Å². The Balaban J connectivity index is 2.01. The Morgan fingerprint density at radius 2 is 1.76 bits per heavy atom. The summed E-state index contributed by atoms with van der Waals surface area (Å²) in [5.41, 5.74) is -0.738. The van der Waals surface area contributed by atoms with Crippen LogP contribution in [0.2, 0.25) is 0 Å². The van der Waals surface area contributed by atoms with E-state index in [2.05, 4.69) is 5.32 Å². The molecule has 1 amide bonds. The zero-order valence-corrected chi connectivity index (χ0v) is 16.7. The second-order valence-electron chi connectivity index (χ2n) is 7.45. The first-order chi connectivity index (χ1) is 13.5. The molecule has 10 heteroatoms. The van der Waals surface area contributed by atoms with Gasteiger partial charge >= 0.3 is 6.18 Å². The number of rotatable bonds is 8. The van der Waals surface area contributed by atoms with Gasteiger partial charge in [-0.3, -0.25) is 9.69 Å². The molecule has 0 bridgehead atoms. The van der Waals surface area contributed by atoms with Crippen molar-refractivity contribution in [2.75, 3.05) is 47.4 Å². The molecule has 0 radical (unpaired) electrons. The summed E-state index contributed by atoms with van der Waals surface area (Å²) < 4.78 is 43.6. The monoisotopic (exact) mass is 419 g/mol. The summed E-state index contributed by atoms with van der Waals surface area (Å²) in [4.78, 5) is 16.2. The quantitative estimate of drug-likeness (QED) is 0.566. The maximum Gasteiger partial charge on any atom is 0.416 e. The first-order valence-corrected chi connectivity index (χ1v) is 9.29. The Morgan fingerprint density at radius 1 is 1.14 bits per heavy atom. The zero-order chi connectivity index (χ0) is 21.8. The fourth-order valence-electron chi connectivity index (χ4n) is 3.30. The highest BCUT2D eigenvalue weighted by Gasteiger charge is 2.45. The lowest BCUT2D eigenvalue weighted by Gasteiger charge is -2.31. The van der Waals surface area contributed by atoms with Crippen molar-refractivity contribution in [1.82, 2.24) is 15.1 Å². The Hall–Kier alpha value is -1.72. The Bertz CT molecular complexity index is 670. The molecule has 164 valence electrons. The van der Waals surface area contributed by atoms with Crippen LogP contribution in [-0.2, 0) is 10.9 Å². The number of halogens is 3. The first kappa shape index (κ1) is 23.6. The van der Waals surface area contributed by atoms with E-state index in [0.717, 1.165) is 30.8 Å². The van der Waals surface area contributed by atoms with Crippen molar-refractivity contribution in [2.45, 2.75) is 30.5 Å². The van der Waals surface area contributed by atoms with E-state index in [1.165, 1.54) is 0 Å². The van der Waals surface area contributed by atoms with Gasteiger partial charge in [-0.25, -0.2) is 0 Å². The third kappa shape index (κ3) is 6.13. The number of carbonyl (C=O) groups excluding carboxylic acids is 1. The molecule has 1 aliphatic rings. The summed E-state index contributed by atoms with van der Waals surface area (Å²) >= 11 is 0. The van der Waals surface area contributed by atoms with Crippen molar-refractivity contribution in [3.05, 3.63) is 35.4 Å². The molecule has 0 aliphatic carbocycles. The summed E-state index contributed by atoms with van der Waals surface area (Å²) in [6, 6.07) is 3.48. The SMILES string of the molecule is CN(C)CCN(C)C1C(CNC(=O)c2ccc(C(F)(F)F)cc2)OC(CO)C1O. The van der Waals surface area contributed by atoms with Crippen LogP contribution in [-0.4, -0.2) is 97.7 Å². The van der Waals surface area contributed by atoms with Crippen LogP contribution in [0.1, 0.15) is 15.9 Å². The van der Waals surface area contributed by atoms with Gasteiger partial charge in [0.1, 0.15) is 12.2 Å². The number of likely N-dealkylation sites (N-methyl/N-ethyl adjacent to an activating group) is 2. The number of hydrogen-bond donors (Lipinski definition) is 3. The van der Waals surface area contributed by atoms with E-state index >= 15 is 0 Å². The standard InChI is InChI=1S/C19H28F3N3O4/c1-24(2)8-9-25(3)16-14(29-15(11-26)17(16)27)10-23-18(28)12-4-6-13(7-5-12)19(20,21)22/h4-7,14-17,26-27H,8-11H2,1-3H3,(H,23,28). The maximum atomic E-state index is 12.6. The number of nitrogens with zero attached hydrogens (tertiary/aromatic N) is 2. The predicted molar refractivity (Wildman–Crippen MR) is 101 cm³/mol. The van der Waals surface area contributed by atoms with E-state index in [0.29, 0.717) is 6.54 Å². The van der Waals surface area contributed by atoms with Crippen molar-refractivity contribution < 1.29 is 32.9 Å². The van der Waals surface area contributed by atoms with Gasteiger partial charge in [0.25, 0.3) is 5.91 Å². The lowest BCUT2D eigenvalue weighted by Crippen LogP contribution is -2.51. The van der Waals surface area contributed by atoms with E-state index in [1.54, 1.807) is 0 Å². The summed E-state index contributed by atoms with van der Waals surface area (Å²) in [5, 5.41) is 22.6. The molecule has 2 rings (SSSR count). The number of nitrogens with one attached hydrogen (secondary N) is 1. The van der Waals surface area contributed by atoms with Crippen molar-refractivity contribution in [3.8, 4) is 0 Å². The molecule has 29 heavy (non-hydrogen) atoms. The van der Waals surface area contributed by atoms with Crippen LogP contribution in [0.15, 0.2) is 24.3 Å². The minimum absolute atomic E-state index is 0.0460. The highest BCUT2D eigenvalue weighted by Crippen LogP contribution is 2.29. The van der Waals surface area contributed by atoms with Gasteiger partial charge in [-0.2, -0.15) is 13.2 Å². The first-order valence-electron chi connectivity index (χ1n) is 9.29. The number of aliphatic hydroxyl groups is 2. The molecule has 1 fully saturated rings. The lowest BCUT2D eigenvalue weighted by atomic mass is 10.0. The normalized spacial score (nSPS) is 25.0. The van der Waals surface area contributed by atoms with Crippen molar-refractivity contribution in [1.29, 1.82) is 0 Å². The number of ether oxygens (including phenoxy) is 1. The molecular weight excluding hydrogens is 391 g/mol. The fourth-order valence-corrected chi connectivity index (χ4v) is 3.30. The second kappa shape index (κ2) is 9.86. The van der Waals surface area contributed by atoms with Crippen LogP contribution in [0.4, 0.5) is 13.2 Å². The lowest BCUT2D eigenvalue weighted by molar-refractivity contribution is -0.137. The second-order valence-corrected chi connectivity index (χ2v) is 7.45. The third-order valence-corrected chi connectivity index (χ3v) is 4.99. The van der Waals surface area contributed by atoms with Gasteiger partial charge in [-0.15, -0.1) is 0 Å². The maximum absolute atomic E-state index is 12.6. The van der Waals surface area contributed by atoms with Gasteiger partial charge < -0.3 is 25.2 Å². The highest BCUT2D eigenvalue weighted by molar-refractivity contribution is 5.94. The van der Waals surface area contributed by atoms with Crippen molar-refractivity contribution in [3.63, 3.8) is 0 Å². The van der Waals surface area contributed by atoms with Crippen LogP contribution in [0.3, 0.4) is 0 Å². The van der Waals surface area contributed by atoms with Crippen LogP contribution in [0.25, 0.3) is 0 Å². The van der Waals surface area contributed by atoms with E-state index in [-0.39, 0.29) is 18.7 Å². The molecule has 0 spiro atoms. The van der Waals surface area contributed by atoms with Crippen molar-refractivity contribution in [2.24, 2.45) is 0 Å². The van der Waals surface area contributed by atoms with E-state index < -0.39 is 42.0 Å². The number of alkyl halides is 3. The average molecular weight is 419 g/mol. The molecule has 3 N–H and O–H groups in total. The Morgan fingerprint density at radius 3 is 2.28 bits per heavy atom. The topological polar surface area (TPSA) is 85.3 Å². The number of amides is 1. The van der Waals surface area contributed by atoms with Gasteiger partial charge in [0.2, 0.25) is 0 Å². The smallest absolute Gasteiger partial charge is 0.394 e. The van der Waals surface area contributed by atoms with Crippen LogP contribution < -0.4 is 5.32 Å². The molecule has 4 unspecified atom stereocenters. The van der Waals surface area contributed by atoms with E-state index in [9.17, 15) is 28.2 Å². The van der Waals surface area contributed by atoms with Gasteiger partial charge in [-0.1, -0.05) is 0 Å². The minimum atomic E-state index is -4.47. The summed E-state index contributed by atoms with van der Waals surface area (Å²) in [6.45, 7) is 1.07. The van der Waals surface area contributed by atoms with Crippen LogP contribution in [0.5, 0.6) is 0 Å². The molecule has 1 aromatic rings. The number of hydrogen-bond acceptors (Lipinski definition) is 6. The molecule has 1 saturated heterocycles. The number of carbonyl (C=O) groups is 1. The van der Waals surface area contributed by atoms with Gasteiger partial charge in [0, 0.05) is 25.2 Å². The molecule has 7 nitrogen and oxygen atoms in total. The molecular formula is C19H28F3N3O4.